The molecule has 3 rings (SSSR count). The first-order valence-electron chi connectivity index (χ1n) is 9.10. The lowest BCUT2D eigenvalue weighted by atomic mass is 9.81. The van der Waals surface area contributed by atoms with Gasteiger partial charge in [0.25, 0.3) is 0 Å². The van der Waals surface area contributed by atoms with E-state index in [1.165, 1.54) is 0 Å². The Balaban J connectivity index is 2.28. The molecule has 5 nitrogen and oxygen atoms in total. The molecule has 1 N–H and O–H groups in total. The van der Waals surface area contributed by atoms with Crippen LogP contribution in [0, 0.1) is 0 Å². The van der Waals surface area contributed by atoms with E-state index in [0.29, 0.717) is 23.8 Å². The van der Waals surface area contributed by atoms with Crippen LogP contribution in [0.25, 0.3) is 0 Å². The number of allylic oxidation sites excluding steroid dienone is 1. The zero-order valence-corrected chi connectivity index (χ0v) is 19.1. The molecular formula is C21H22Br2N2O3. The zero-order chi connectivity index (χ0) is 20.3. The first kappa shape index (κ1) is 20.9. The second-order valence-electron chi connectivity index (χ2n) is 6.56. The van der Waals surface area contributed by atoms with Crippen LogP contribution in [0.1, 0.15) is 37.8 Å². The summed E-state index contributed by atoms with van der Waals surface area (Å²) in [7, 11) is 0. The first-order valence-corrected chi connectivity index (χ1v) is 10.9. The third-order valence-electron chi connectivity index (χ3n) is 4.28. The predicted octanol–water partition coefficient (Wildman–Crippen LogP) is 5.36. The summed E-state index contributed by atoms with van der Waals surface area (Å²) in [4.78, 5) is 17.5. The van der Waals surface area contributed by atoms with Crippen LogP contribution in [0.5, 0.6) is 5.88 Å². The molecule has 28 heavy (non-hydrogen) atoms. The van der Waals surface area contributed by atoms with Crippen LogP contribution < -0.4 is 10.1 Å². The average Bonchev–Trinajstić information content (AvgIpc) is 2.67. The predicted molar refractivity (Wildman–Crippen MR) is 117 cm³/mol. The smallest absolute Gasteiger partial charge is 0.336 e. The standard InChI is InChI=1S/C21H22Br2N2O3/c1-4-27-21(26)17-15(13-8-6-5-7-9-13)16-14(25-18(17)19(22)23)10-11-24-20(16)28-12(2)3/h5-12,15,19,25H,4H2,1-3H3. The third kappa shape index (κ3) is 4.25. The van der Waals surface area contributed by atoms with Gasteiger partial charge in [0.1, 0.15) is 3.74 Å². The minimum Gasteiger partial charge on any atom is -0.475 e. The molecule has 0 saturated heterocycles. The average molecular weight is 510 g/mol. The summed E-state index contributed by atoms with van der Waals surface area (Å²) in [6.45, 7) is 6.00. The Kier molecular flexibility index (Phi) is 6.78. The monoisotopic (exact) mass is 508 g/mol. The molecule has 1 unspecified atom stereocenters. The van der Waals surface area contributed by atoms with Crippen molar-refractivity contribution in [1.82, 2.24) is 4.98 Å². The highest BCUT2D eigenvalue weighted by atomic mass is 79.9. The highest BCUT2D eigenvalue weighted by Crippen LogP contribution is 2.47. The van der Waals surface area contributed by atoms with Crippen molar-refractivity contribution in [2.45, 2.75) is 36.5 Å². The van der Waals surface area contributed by atoms with E-state index in [0.717, 1.165) is 16.8 Å². The number of halogens is 2. The molecular weight excluding hydrogens is 488 g/mol. The van der Waals surface area contributed by atoms with Gasteiger partial charge >= 0.3 is 5.97 Å². The van der Waals surface area contributed by atoms with Crippen LogP contribution in [-0.2, 0) is 9.53 Å². The molecule has 1 aromatic carbocycles. The Morgan fingerprint density at radius 1 is 1.21 bits per heavy atom. The molecule has 0 amide bonds. The van der Waals surface area contributed by atoms with Gasteiger partial charge in [-0.15, -0.1) is 0 Å². The maximum atomic E-state index is 13.0. The molecule has 0 aliphatic carbocycles. The van der Waals surface area contributed by atoms with Crippen molar-refractivity contribution in [3.63, 3.8) is 0 Å². The fraction of sp³-hybridized carbons (Fsp3) is 0.333. The highest BCUT2D eigenvalue weighted by molar-refractivity contribution is 9.24. The molecule has 7 heteroatoms. The molecule has 2 aromatic rings. The molecule has 1 aromatic heterocycles. The number of benzene rings is 1. The topological polar surface area (TPSA) is 60.5 Å². The Labute approximate surface area is 181 Å². The summed E-state index contributed by atoms with van der Waals surface area (Å²) in [5.41, 5.74) is 3.89. The minimum atomic E-state index is -0.369. The van der Waals surface area contributed by atoms with E-state index in [1.807, 2.05) is 50.2 Å². The fourth-order valence-electron chi connectivity index (χ4n) is 3.26. The summed E-state index contributed by atoms with van der Waals surface area (Å²) in [6.07, 6.45) is 1.66. The first-order chi connectivity index (χ1) is 13.4. The van der Waals surface area contributed by atoms with Crippen molar-refractivity contribution in [3.8, 4) is 5.88 Å². The number of esters is 1. The van der Waals surface area contributed by atoms with Gasteiger partial charge < -0.3 is 14.8 Å². The molecule has 148 valence electrons. The molecule has 0 fully saturated rings. The van der Waals surface area contributed by atoms with Crippen molar-refractivity contribution in [2.75, 3.05) is 11.9 Å². The van der Waals surface area contributed by atoms with Gasteiger partial charge in [0.05, 0.1) is 29.9 Å². The molecule has 1 aliphatic rings. The van der Waals surface area contributed by atoms with Gasteiger partial charge in [-0.2, -0.15) is 0 Å². The normalized spacial score (nSPS) is 16.0. The van der Waals surface area contributed by atoms with Crippen LogP contribution in [0.15, 0.2) is 53.9 Å². The maximum Gasteiger partial charge on any atom is 0.336 e. The van der Waals surface area contributed by atoms with Crippen molar-refractivity contribution in [3.05, 3.63) is 65.0 Å². The number of nitrogens with one attached hydrogen (secondary N) is 1. The SMILES string of the molecule is CCOC(=O)C1=C(C(Br)Br)Nc2ccnc(OC(C)C)c2C1c1ccccc1. The van der Waals surface area contributed by atoms with Crippen LogP contribution in [0.4, 0.5) is 5.69 Å². The molecule has 0 radical (unpaired) electrons. The van der Waals surface area contributed by atoms with Crippen LogP contribution in [-0.4, -0.2) is 27.4 Å². The van der Waals surface area contributed by atoms with Gasteiger partial charge in [-0.25, -0.2) is 9.78 Å². The lowest BCUT2D eigenvalue weighted by Crippen LogP contribution is -2.28. The lowest BCUT2D eigenvalue weighted by molar-refractivity contribution is -0.138. The number of rotatable bonds is 6. The number of carbonyl (C=O) groups is 1. The zero-order valence-electron chi connectivity index (χ0n) is 15.9. The molecule has 0 bridgehead atoms. The largest absolute Gasteiger partial charge is 0.475 e. The Hall–Kier alpha value is -1.86. The maximum absolute atomic E-state index is 13.0. The van der Waals surface area contributed by atoms with E-state index in [-0.39, 0.29) is 21.7 Å². The number of carbonyl (C=O) groups excluding carboxylic acids is 1. The van der Waals surface area contributed by atoms with Crippen molar-refractivity contribution < 1.29 is 14.3 Å². The minimum absolute atomic E-state index is 0.0491. The summed E-state index contributed by atoms with van der Waals surface area (Å²) in [5.74, 6) is -0.227. The van der Waals surface area contributed by atoms with Crippen molar-refractivity contribution in [1.29, 1.82) is 0 Å². The van der Waals surface area contributed by atoms with Gasteiger partial charge in [-0.1, -0.05) is 62.2 Å². The number of hydrogen-bond donors (Lipinski definition) is 1. The van der Waals surface area contributed by atoms with Gasteiger partial charge in [0.2, 0.25) is 5.88 Å². The summed E-state index contributed by atoms with van der Waals surface area (Å²) >= 11 is 7.10. The number of aromatic nitrogens is 1. The summed E-state index contributed by atoms with van der Waals surface area (Å²) in [6, 6.07) is 11.8. The molecule has 1 atom stereocenters. The number of fused-ring (bicyclic) bond motifs is 1. The summed E-state index contributed by atoms with van der Waals surface area (Å²) in [5, 5.41) is 3.36. The van der Waals surface area contributed by atoms with E-state index in [4.69, 9.17) is 9.47 Å². The Bertz CT molecular complexity index is 882. The van der Waals surface area contributed by atoms with E-state index < -0.39 is 0 Å². The fourth-order valence-corrected chi connectivity index (χ4v) is 3.98. The molecule has 0 saturated carbocycles. The number of pyridine rings is 1. The molecule has 2 heterocycles. The number of nitrogens with zero attached hydrogens (tertiary/aromatic N) is 1. The Morgan fingerprint density at radius 3 is 2.54 bits per heavy atom. The van der Waals surface area contributed by atoms with Crippen LogP contribution in [0.2, 0.25) is 0 Å². The van der Waals surface area contributed by atoms with E-state index in [1.54, 1.807) is 13.1 Å². The second-order valence-corrected chi connectivity index (χ2v) is 9.62. The van der Waals surface area contributed by atoms with Crippen molar-refractivity contribution in [2.24, 2.45) is 0 Å². The van der Waals surface area contributed by atoms with Crippen LogP contribution >= 0.6 is 31.9 Å². The van der Waals surface area contributed by atoms with Crippen LogP contribution in [0.3, 0.4) is 0 Å². The number of ether oxygens (including phenoxy) is 2. The quantitative estimate of drug-likeness (QED) is 0.419. The summed E-state index contributed by atoms with van der Waals surface area (Å²) < 4.78 is 11.2. The highest BCUT2D eigenvalue weighted by Gasteiger charge is 2.38. The molecule has 0 spiro atoms. The lowest BCUT2D eigenvalue weighted by Gasteiger charge is -2.33. The second kappa shape index (κ2) is 9.09. The van der Waals surface area contributed by atoms with Crippen molar-refractivity contribution >= 4 is 43.5 Å². The van der Waals surface area contributed by atoms with E-state index in [2.05, 4.69) is 42.2 Å². The van der Waals surface area contributed by atoms with Gasteiger partial charge in [0, 0.05) is 17.4 Å². The van der Waals surface area contributed by atoms with Gasteiger partial charge in [-0.05, 0) is 32.4 Å². The molecule has 1 aliphatic heterocycles. The number of alkyl halides is 2. The number of anilines is 1. The third-order valence-corrected chi connectivity index (χ3v) is 5.20. The number of hydrogen-bond acceptors (Lipinski definition) is 5. The van der Waals surface area contributed by atoms with Gasteiger partial charge in [-0.3, -0.25) is 0 Å². The van der Waals surface area contributed by atoms with E-state index >= 15 is 0 Å². The van der Waals surface area contributed by atoms with Gasteiger partial charge in [0.15, 0.2) is 0 Å². The van der Waals surface area contributed by atoms with E-state index in [9.17, 15) is 4.79 Å². The Morgan fingerprint density at radius 2 is 1.93 bits per heavy atom.